The van der Waals surface area contributed by atoms with Crippen molar-refractivity contribution in [3.8, 4) is 0 Å². The largest absolute Gasteiger partial charge is 0.417 e. The number of anilines is 2. The van der Waals surface area contributed by atoms with Gasteiger partial charge in [-0.15, -0.1) is 0 Å². The Hall–Kier alpha value is -3.68. The second kappa shape index (κ2) is 12.7. The Labute approximate surface area is 238 Å². The van der Waals surface area contributed by atoms with Gasteiger partial charge >= 0.3 is 12.2 Å². The Kier molecular flexibility index (Phi) is 9.15. The summed E-state index contributed by atoms with van der Waals surface area (Å²) < 4.78 is 11.4. The maximum absolute atomic E-state index is 12.9. The lowest BCUT2D eigenvalue weighted by Gasteiger charge is -2.17. The molecule has 38 heavy (non-hydrogen) atoms. The van der Waals surface area contributed by atoms with Crippen LogP contribution in [0.5, 0.6) is 0 Å². The zero-order valence-electron chi connectivity index (χ0n) is 19.4. The molecule has 0 spiro atoms. The van der Waals surface area contributed by atoms with Crippen LogP contribution in [0.15, 0.2) is 97.1 Å². The predicted octanol–water partition coefficient (Wildman–Crippen LogP) is 9.62. The van der Waals surface area contributed by atoms with Crippen LogP contribution in [0.3, 0.4) is 0 Å². The molecule has 192 valence electrons. The first kappa shape index (κ1) is 27.4. The van der Waals surface area contributed by atoms with Gasteiger partial charge in [0.25, 0.3) is 0 Å². The molecule has 6 nitrogen and oxygen atoms in total. The van der Waals surface area contributed by atoms with E-state index in [0.717, 1.165) is 0 Å². The van der Waals surface area contributed by atoms with E-state index in [1.54, 1.807) is 97.1 Å². The second-order valence-corrected chi connectivity index (χ2v) is 9.46. The molecular formula is C28H18Cl4N2O4. The molecule has 0 bridgehead atoms. The maximum Gasteiger partial charge on any atom is 0.417 e. The van der Waals surface area contributed by atoms with Gasteiger partial charge in [0.05, 0.1) is 0 Å². The van der Waals surface area contributed by atoms with Gasteiger partial charge in [-0.25, -0.2) is 9.59 Å². The highest BCUT2D eigenvalue weighted by molar-refractivity contribution is 6.31. The monoisotopic (exact) mass is 586 g/mol. The third kappa shape index (κ3) is 7.66. The van der Waals surface area contributed by atoms with Crippen LogP contribution in [-0.4, -0.2) is 12.2 Å². The summed E-state index contributed by atoms with van der Waals surface area (Å²) in [7, 11) is 0. The molecule has 0 aromatic heterocycles. The molecule has 2 amide bonds. The SMILES string of the molecule is O=C(Nc1ccc(Cl)cc1)O/C(=C(\OC(=O)Nc1ccc(Cl)cc1)c1ccc(Cl)cc1)c1ccc(Cl)cc1. The average molecular weight is 588 g/mol. The third-order valence-electron chi connectivity index (χ3n) is 4.99. The van der Waals surface area contributed by atoms with Crippen molar-refractivity contribution in [2.75, 3.05) is 10.6 Å². The van der Waals surface area contributed by atoms with Crippen LogP contribution in [0.2, 0.25) is 20.1 Å². The number of carbonyl (C=O) groups excluding carboxylic acids is 2. The van der Waals surface area contributed by atoms with E-state index < -0.39 is 12.2 Å². The van der Waals surface area contributed by atoms with Crippen molar-refractivity contribution in [3.05, 3.63) is 128 Å². The third-order valence-corrected chi connectivity index (χ3v) is 6.00. The Bertz CT molecular complexity index is 1340. The molecule has 4 aromatic carbocycles. The van der Waals surface area contributed by atoms with Crippen molar-refractivity contribution in [3.63, 3.8) is 0 Å². The second-order valence-electron chi connectivity index (χ2n) is 7.71. The number of halogens is 4. The molecule has 0 radical (unpaired) electrons. The number of rotatable bonds is 6. The molecule has 0 aliphatic rings. The van der Waals surface area contributed by atoms with Crippen LogP contribution in [0, 0.1) is 0 Å². The van der Waals surface area contributed by atoms with Crippen molar-refractivity contribution < 1.29 is 19.1 Å². The normalized spacial score (nSPS) is 11.3. The fourth-order valence-corrected chi connectivity index (χ4v) is 3.72. The molecule has 0 aliphatic heterocycles. The van der Waals surface area contributed by atoms with E-state index in [4.69, 9.17) is 55.9 Å². The van der Waals surface area contributed by atoms with Crippen LogP contribution < -0.4 is 10.6 Å². The summed E-state index contributed by atoms with van der Waals surface area (Å²) >= 11 is 24.0. The summed E-state index contributed by atoms with van der Waals surface area (Å²) in [5, 5.41) is 7.20. The van der Waals surface area contributed by atoms with Gasteiger partial charge in [0.15, 0.2) is 11.5 Å². The number of benzene rings is 4. The van der Waals surface area contributed by atoms with E-state index in [9.17, 15) is 9.59 Å². The average Bonchev–Trinajstić information content (AvgIpc) is 2.90. The van der Waals surface area contributed by atoms with Crippen LogP contribution in [0.25, 0.3) is 11.5 Å². The van der Waals surface area contributed by atoms with Gasteiger partial charge in [-0.2, -0.15) is 0 Å². The van der Waals surface area contributed by atoms with Gasteiger partial charge in [0.2, 0.25) is 0 Å². The molecule has 0 unspecified atom stereocenters. The zero-order chi connectivity index (χ0) is 27.1. The number of hydrogen-bond donors (Lipinski definition) is 2. The molecule has 4 rings (SSSR count). The molecule has 4 aromatic rings. The van der Waals surface area contributed by atoms with E-state index in [0.29, 0.717) is 42.6 Å². The summed E-state index contributed by atoms with van der Waals surface area (Å²) in [5.41, 5.74) is 1.74. The van der Waals surface area contributed by atoms with E-state index in [1.807, 2.05) is 0 Å². The fourth-order valence-electron chi connectivity index (χ4n) is 3.21. The Morgan fingerprint density at radius 1 is 0.447 bits per heavy atom. The minimum Gasteiger partial charge on any atom is -0.405 e. The number of nitrogens with one attached hydrogen (secondary N) is 2. The minimum absolute atomic E-state index is 0.0401. The lowest BCUT2D eigenvalue weighted by molar-refractivity contribution is 0.198. The summed E-state index contributed by atoms with van der Waals surface area (Å²) in [6.45, 7) is 0. The van der Waals surface area contributed by atoms with Crippen molar-refractivity contribution >= 4 is 81.5 Å². The number of ether oxygens (including phenoxy) is 2. The van der Waals surface area contributed by atoms with Crippen molar-refractivity contribution in [1.29, 1.82) is 0 Å². The minimum atomic E-state index is -0.828. The lowest BCUT2D eigenvalue weighted by atomic mass is 10.1. The number of hydrogen-bond acceptors (Lipinski definition) is 4. The molecule has 10 heteroatoms. The Morgan fingerprint density at radius 3 is 1.00 bits per heavy atom. The van der Waals surface area contributed by atoms with Crippen molar-refractivity contribution in [2.45, 2.75) is 0 Å². The van der Waals surface area contributed by atoms with Gasteiger partial charge in [0.1, 0.15) is 0 Å². The smallest absolute Gasteiger partial charge is 0.405 e. The first-order valence-electron chi connectivity index (χ1n) is 11.0. The summed E-state index contributed by atoms with van der Waals surface area (Å²) in [6, 6.07) is 25.9. The topological polar surface area (TPSA) is 76.7 Å². The van der Waals surface area contributed by atoms with Crippen LogP contribution in [-0.2, 0) is 9.47 Å². The van der Waals surface area contributed by atoms with Gasteiger partial charge in [-0.3, -0.25) is 10.6 Å². The van der Waals surface area contributed by atoms with Gasteiger partial charge < -0.3 is 9.47 Å². The molecular weight excluding hydrogens is 570 g/mol. The zero-order valence-corrected chi connectivity index (χ0v) is 22.4. The van der Waals surface area contributed by atoms with Crippen LogP contribution in [0.4, 0.5) is 21.0 Å². The standard InChI is InChI=1S/C28H18Cl4N2O4/c29-19-5-1-17(2-6-19)25(37-27(35)33-23-13-9-21(31)10-14-23)26(18-3-7-20(30)8-4-18)38-28(36)34-24-15-11-22(32)12-16-24/h1-16H,(H,33,35)(H,34,36)/b26-25-. The number of amides is 2. The highest BCUT2D eigenvalue weighted by Gasteiger charge is 2.22. The summed E-state index contributed by atoms with van der Waals surface area (Å²) in [6.07, 6.45) is -1.66. The van der Waals surface area contributed by atoms with Crippen molar-refractivity contribution in [2.24, 2.45) is 0 Å². The van der Waals surface area contributed by atoms with E-state index in [1.165, 1.54) is 0 Å². The fraction of sp³-hybridized carbons (Fsp3) is 0. The molecule has 2 N–H and O–H groups in total. The van der Waals surface area contributed by atoms with Gasteiger partial charge in [-0.05, 0) is 97.1 Å². The molecule has 0 aliphatic carbocycles. The Morgan fingerprint density at radius 2 is 0.711 bits per heavy atom. The number of carbonyl (C=O) groups is 2. The van der Waals surface area contributed by atoms with Crippen LogP contribution >= 0.6 is 46.4 Å². The Balaban J connectivity index is 1.73. The first-order valence-corrected chi connectivity index (χ1v) is 12.5. The molecule has 0 atom stereocenters. The molecule has 0 saturated carbocycles. The summed E-state index contributed by atoms with van der Waals surface area (Å²) in [5.74, 6) is -0.0802. The van der Waals surface area contributed by atoms with Gasteiger partial charge in [-0.1, -0.05) is 46.4 Å². The van der Waals surface area contributed by atoms with E-state index in [2.05, 4.69) is 10.6 Å². The summed E-state index contributed by atoms with van der Waals surface area (Å²) in [4.78, 5) is 25.9. The molecule has 0 heterocycles. The van der Waals surface area contributed by atoms with Crippen molar-refractivity contribution in [1.82, 2.24) is 0 Å². The molecule has 0 saturated heterocycles. The first-order chi connectivity index (χ1) is 18.3. The predicted molar refractivity (Wildman–Crippen MR) is 153 cm³/mol. The maximum atomic E-state index is 12.9. The lowest BCUT2D eigenvalue weighted by Crippen LogP contribution is -2.17. The van der Waals surface area contributed by atoms with Gasteiger partial charge in [0, 0.05) is 42.6 Å². The van der Waals surface area contributed by atoms with E-state index in [-0.39, 0.29) is 11.5 Å². The highest BCUT2D eigenvalue weighted by atomic mass is 35.5. The highest BCUT2D eigenvalue weighted by Crippen LogP contribution is 2.31. The quantitative estimate of drug-likeness (QED) is 0.174. The van der Waals surface area contributed by atoms with E-state index >= 15 is 0 Å². The van der Waals surface area contributed by atoms with Crippen LogP contribution in [0.1, 0.15) is 11.1 Å². The molecule has 0 fully saturated rings.